The Labute approximate surface area is 122 Å². The second kappa shape index (κ2) is 5.15. The fourth-order valence-corrected chi connectivity index (χ4v) is 3.67. The largest absolute Gasteiger partial charge is 0.345 e. The summed E-state index contributed by atoms with van der Waals surface area (Å²) in [6.45, 7) is 7.45. The van der Waals surface area contributed by atoms with Crippen LogP contribution in [0.15, 0.2) is 6.20 Å². The Morgan fingerprint density at radius 2 is 1.95 bits per heavy atom. The molecule has 3 rings (SSSR count). The van der Waals surface area contributed by atoms with Gasteiger partial charge in [-0.2, -0.15) is 0 Å². The van der Waals surface area contributed by atoms with Crippen LogP contribution in [-0.2, 0) is 6.54 Å². The second-order valence-electron chi connectivity index (χ2n) is 7.62. The Balaban J connectivity index is 1.63. The highest BCUT2D eigenvalue weighted by molar-refractivity contribution is 5.10. The van der Waals surface area contributed by atoms with Crippen molar-refractivity contribution in [1.82, 2.24) is 20.2 Å². The van der Waals surface area contributed by atoms with Crippen molar-refractivity contribution in [2.75, 3.05) is 7.05 Å². The lowest BCUT2D eigenvalue weighted by molar-refractivity contribution is 0.159. The number of hydrogen-bond donors (Lipinski definition) is 2. The molecule has 2 aliphatic heterocycles. The van der Waals surface area contributed by atoms with Gasteiger partial charge < -0.3 is 15.2 Å². The van der Waals surface area contributed by atoms with Crippen LogP contribution in [0.1, 0.15) is 63.9 Å². The van der Waals surface area contributed by atoms with E-state index >= 15 is 0 Å². The SMILES string of the molecule is CN1C2CCC1CC(c1ncc(CNC(C)(C)C)[nH]1)C2. The number of hydrogen-bond acceptors (Lipinski definition) is 3. The van der Waals surface area contributed by atoms with E-state index in [1.807, 2.05) is 6.20 Å². The molecule has 0 aromatic carbocycles. The van der Waals surface area contributed by atoms with Gasteiger partial charge in [-0.05, 0) is 53.5 Å². The lowest BCUT2D eigenvalue weighted by Gasteiger charge is -2.35. The van der Waals surface area contributed by atoms with E-state index in [1.165, 1.54) is 37.2 Å². The number of piperidine rings is 1. The standard InChI is InChI=1S/C16H28N4/c1-16(2,3)18-10-12-9-17-15(19-12)11-7-13-5-6-14(8-11)20(13)4/h9,11,13-14,18H,5-8,10H2,1-4H3,(H,17,19). The maximum Gasteiger partial charge on any atom is 0.109 e. The molecule has 2 saturated heterocycles. The molecule has 0 saturated carbocycles. The highest BCUT2D eigenvalue weighted by Gasteiger charge is 2.39. The summed E-state index contributed by atoms with van der Waals surface area (Å²) < 4.78 is 0. The summed E-state index contributed by atoms with van der Waals surface area (Å²) in [7, 11) is 2.29. The molecule has 4 nitrogen and oxygen atoms in total. The first-order valence-corrected chi connectivity index (χ1v) is 7.93. The van der Waals surface area contributed by atoms with Gasteiger partial charge in [0.25, 0.3) is 0 Å². The molecule has 1 aromatic rings. The topological polar surface area (TPSA) is 44.0 Å². The highest BCUT2D eigenvalue weighted by Crippen LogP contribution is 2.41. The maximum absolute atomic E-state index is 4.65. The van der Waals surface area contributed by atoms with E-state index in [-0.39, 0.29) is 5.54 Å². The molecule has 3 heterocycles. The highest BCUT2D eigenvalue weighted by atomic mass is 15.2. The molecule has 4 heteroatoms. The third-order valence-corrected chi connectivity index (χ3v) is 4.94. The molecular formula is C16H28N4. The molecule has 2 aliphatic rings. The predicted octanol–water partition coefficient (Wildman–Crippen LogP) is 2.64. The molecule has 2 atom stereocenters. The monoisotopic (exact) mass is 276 g/mol. The number of nitrogens with one attached hydrogen (secondary N) is 2. The Hall–Kier alpha value is -0.870. The summed E-state index contributed by atoms with van der Waals surface area (Å²) in [5.41, 5.74) is 1.36. The van der Waals surface area contributed by atoms with Crippen molar-refractivity contribution in [3.63, 3.8) is 0 Å². The number of rotatable bonds is 3. The van der Waals surface area contributed by atoms with Crippen molar-refractivity contribution >= 4 is 0 Å². The van der Waals surface area contributed by atoms with Gasteiger partial charge in [-0.1, -0.05) is 0 Å². The lowest BCUT2D eigenvalue weighted by atomic mass is 9.90. The Morgan fingerprint density at radius 3 is 2.55 bits per heavy atom. The van der Waals surface area contributed by atoms with Crippen LogP contribution in [0.25, 0.3) is 0 Å². The van der Waals surface area contributed by atoms with E-state index in [4.69, 9.17) is 0 Å². The first-order chi connectivity index (χ1) is 9.42. The number of H-pyrrole nitrogens is 1. The van der Waals surface area contributed by atoms with E-state index in [2.05, 4.69) is 48.0 Å². The molecule has 0 radical (unpaired) electrons. The van der Waals surface area contributed by atoms with Crippen LogP contribution < -0.4 is 5.32 Å². The average Bonchev–Trinajstić information content (AvgIpc) is 2.89. The van der Waals surface area contributed by atoms with Gasteiger partial charge in [0.1, 0.15) is 5.82 Å². The molecule has 2 bridgehead atoms. The van der Waals surface area contributed by atoms with E-state index in [0.29, 0.717) is 5.92 Å². The van der Waals surface area contributed by atoms with Gasteiger partial charge in [0, 0.05) is 42.0 Å². The first kappa shape index (κ1) is 14.1. The van der Waals surface area contributed by atoms with E-state index in [0.717, 1.165) is 18.6 Å². The summed E-state index contributed by atoms with van der Waals surface area (Å²) in [6, 6.07) is 1.56. The van der Waals surface area contributed by atoms with E-state index in [9.17, 15) is 0 Å². The van der Waals surface area contributed by atoms with Crippen LogP contribution in [0.3, 0.4) is 0 Å². The molecule has 0 aliphatic carbocycles. The molecule has 2 fully saturated rings. The molecule has 0 amide bonds. The number of fused-ring (bicyclic) bond motifs is 2. The van der Waals surface area contributed by atoms with Gasteiger partial charge in [-0.3, -0.25) is 0 Å². The minimum atomic E-state index is 0.151. The summed E-state index contributed by atoms with van der Waals surface area (Å²) >= 11 is 0. The van der Waals surface area contributed by atoms with Crippen molar-refractivity contribution in [3.8, 4) is 0 Å². The third-order valence-electron chi connectivity index (χ3n) is 4.94. The fourth-order valence-electron chi connectivity index (χ4n) is 3.67. The molecule has 112 valence electrons. The van der Waals surface area contributed by atoms with Gasteiger partial charge in [-0.15, -0.1) is 0 Å². The quantitative estimate of drug-likeness (QED) is 0.892. The van der Waals surface area contributed by atoms with Gasteiger partial charge in [0.2, 0.25) is 0 Å². The van der Waals surface area contributed by atoms with Crippen LogP contribution in [-0.4, -0.2) is 39.5 Å². The van der Waals surface area contributed by atoms with Gasteiger partial charge in [0.05, 0.1) is 0 Å². The van der Waals surface area contributed by atoms with Crippen LogP contribution in [0.4, 0.5) is 0 Å². The first-order valence-electron chi connectivity index (χ1n) is 7.93. The van der Waals surface area contributed by atoms with Crippen LogP contribution >= 0.6 is 0 Å². The zero-order chi connectivity index (χ0) is 14.3. The van der Waals surface area contributed by atoms with Crippen LogP contribution in [0, 0.1) is 0 Å². The van der Waals surface area contributed by atoms with Crippen LogP contribution in [0.2, 0.25) is 0 Å². The lowest BCUT2D eigenvalue weighted by Crippen LogP contribution is -2.39. The number of aromatic amines is 1. The van der Waals surface area contributed by atoms with E-state index in [1.54, 1.807) is 0 Å². The van der Waals surface area contributed by atoms with Crippen molar-refractivity contribution in [2.45, 2.75) is 76.5 Å². The Morgan fingerprint density at radius 1 is 1.30 bits per heavy atom. The van der Waals surface area contributed by atoms with Crippen LogP contribution in [0.5, 0.6) is 0 Å². The predicted molar refractivity (Wildman–Crippen MR) is 81.7 cm³/mol. The number of aromatic nitrogens is 2. The normalized spacial score (nSPS) is 30.9. The zero-order valence-corrected chi connectivity index (χ0v) is 13.2. The Kier molecular flexibility index (Phi) is 3.63. The third kappa shape index (κ3) is 2.91. The molecule has 2 N–H and O–H groups in total. The van der Waals surface area contributed by atoms with Crippen molar-refractivity contribution in [1.29, 1.82) is 0 Å². The fraction of sp³-hybridized carbons (Fsp3) is 0.812. The number of imidazole rings is 1. The summed E-state index contributed by atoms with van der Waals surface area (Å²) in [4.78, 5) is 10.8. The minimum Gasteiger partial charge on any atom is -0.345 e. The van der Waals surface area contributed by atoms with E-state index < -0.39 is 0 Å². The van der Waals surface area contributed by atoms with Crippen molar-refractivity contribution in [3.05, 3.63) is 17.7 Å². The molecule has 20 heavy (non-hydrogen) atoms. The van der Waals surface area contributed by atoms with Gasteiger partial charge in [-0.25, -0.2) is 4.98 Å². The summed E-state index contributed by atoms with van der Waals surface area (Å²) in [6.07, 6.45) is 7.29. The minimum absolute atomic E-state index is 0.151. The van der Waals surface area contributed by atoms with Gasteiger partial charge >= 0.3 is 0 Å². The zero-order valence-electron chi connectivity index (χ0n) is 13.2. The molecular weight excluding hydrogens is 248 g/mol. The Bertz CT molecular complexity index is 445. The molecule has 2 unspecified atom stereocenters. The molecule has 1 aromatic heterocycles. The molecule has 0 spiro atoms. The average molecular weight is 276 g/mol. The summed E-state index contributed by atoms with van der Waals surface area (Å²) in [5.74, 6) is 1.84. The second-order valence-corrected chi connectivity index (χ2v) is 7.62. The smallest absolute Gasteiger partial charge is 0.109 e. The summed E-state index contributed by atoms with van der Waals surface area (Å²) in [5, 5.41) is 3.51. The van der Waals surface area contributed by atoms with Gasteiger partial charge in [0.15, 0.2) is 0 Å². The maximum atomic E-state index is 4.65. The van der Waals surface area contributed by atoms with Crippen molar-refractivity contribution < 1.29 is 0 Å². The number of nitrogens with zero attached hydrogens (tertiary/aromatic N) is 2. The van der Waals surface area contributed by atoms with Crippen molar-refractivity contribution in [2.24, 2.45) is 0 Å².